The van der Waals surface area contributed by atoms with Gasteiger partial charge in [-0.3, -0.25) is 4.79 Å². The van der Waals surface area contributed by atoms with Crippen molar-refractivity contribution < 1.29 is 31.5 Å². The summed E-state index contributed by atoms with van der Waals surface area (Å²) >= 11 is 0. The van der Waals surface area contributed by atoms with Crippen LogP contribution < -0.4 is 10.0 Å². The summed E-state index contributed by atoms with van der Waals surface area (Å²) in [4.78, 5) is 31.2. The normalized spacial score (nSPS) is 14.2. The zero-order valence-corrected chi connectivity index (χ0v) is 23.1. The van der Waals surface area contributed by atoms with E-state index in [-0.39, 0.29) is 28.9 Å². The average molecular weight is 573 g/mol. The predicted octanol–water partition coefficient (Wildman–Crippen LogP) is 5.25. The van der Waals surface area contributed by atoms with Gasteiger partial charge < -0.3 is 15.0 Å². The lowest BCUT2D eigenvalue weighted by Gasteiger charge is -2.32. The standard InChI is InChI=1S/C28H30F2N4O5S/c1-17(2)39-28(36)33-40(37,38)26-15-25(32-24-9-8-22(30)14-18(24)3)23(16-31-26)27(35)34-12-10-20(11-13-34)19-4-6-21(29)7-5-19/h4-9,14-17,20H,10-13H2,1-3H3,(H,31,32)(H,33,36). The highest BCUT2D eigenvalue weighted by Gasteiger charge is 2.28. The fraction of sp³-hybridized carbons (Fsp3) is 0.321. The Labute approximate surface area is 231 Å². The van der Waals surface area contributed by atoms with Crippen molar-refractivity contribution in [2.45, 2.75) is 50.7 Å². The summed E-state index contributed by atoms with van der Waals surface area (Å²) in [5.74, 6) is -0.957. The maximum atomic E-state index is 13.7. The number of amides is 2. The second-order valence-electron chi connectivity index (χ2n) is 9.83. The summed E-state index contributed by atoms with van der Waals surface area (Å²) in [6.45, 7) is 5.66. The van der Waals surface area contributed by atoms with Crippen molar-refractivity contribution in [1.82, 2.24) is 14.6 Å². The van der Waals surface area contributed by atoms with Crippen molar-refractivity contribution in [2.24, 2.45) is 0 Å². The van der Waals surface area contributed by atoms with Crippen molar-refractivity contribution in [2.75, 3.05) is 18.4 Å². The van der Waals surface area contributed by atoms with E-state index in [1.165, 1.54) is 30.3 Å². The minimum Gasteiger partial charge on any atom is -0.446 e. The van der Waals surface area contributed by atoms with Crippen molar-refractivity contribution in [3.8, 4) is 0 Å². The van der Waals surface area contributed by atoms with Crippen LogP contribution in [0.1, 0.15) is 54.1 Å². The lowest BCUT2D eigenvalue weighted by Crippen LogP contribution is -2.38. The number of carbonyl (C=O) groups excluding carboxylic acids is 2. The Morgan fingerprint density at radius 3 is 2.27 bits per heavy atom. The maximum absolute atomic E-state index is 13.7. The molecule has 0 atom stereocenters. The topological polar surface area (TPSA) is 118 Å². The van der Waals surface area contributed by atoms with E-state index in [4.69, 9.17) is 4.74 Å². The van der Waals surface area contributed by atoms with E-state index >= 15 is 0 Å². The Hall–Kier alpha value is -4.06. The monoisotopic (exact) mass is 572 g/mol. The van der Waals surface area contributed by atoms with Gasteiger partial charge in [0.25, 0.3) is 15.9 Å². The third-order valence-corrected chi connectivity index (χ3v) is 7.74. The molecule has 9 nitrogen and oxygen atoms in total. The van der Waals surface area contributed by atoms with Crippen molar-refractivity contribution >= 4 is 33.4 Å². The van der Waals surface area contributed by atoms with Gasteiger partial charge in [0, 0.05) is 31.0 Å². The van der Waals surface area contributed by atoms with Gasteiger partial charge in [0.1, 0.15) is 11.6 Å². The Bertz CT molecular complexity index is 1510. The molecule has 0 spiro atoms. The van der Waals surface area contributed by atoms with E-state index in [1.54, 1.807) is 42.5 Å². The third-order valence-electron chi connectivity index (χ3n) is 6.53. The lowest BCUT2D eigenvalue weighted by atomic mass is 9.89. The number of aromatic nitrogens is 1. The first kappa shape index (κ1) is 28.9. The molecule has 212 valence electrons. The molecule has 2 aromatic carbocycles. The minimum absolute atomic E-state index is 0.104. The number of hydrogen-bond acceptors (Lipinski definition) is 7. The molecule has 1 fully saturated rings. The number of ether oxygens (including phenoxy) is 1. The number of aryl methyl sites for hydroxylation is 1. The molecular weight excluding hydrogens is 542 g/mol. The summed E-state index contributed by atoms with van der Waals surface area (Å²) in [5, 5.41) is 2.52. The van der Waals surface area contributed by atoms with Crippen LogP contribution in [0.15, 0.2) is 59.8 Å². The van der Waals surface area contributed by atoms with Gasteiger partial charge in [-0.15, -0.1) is 0 Å². The van der Waals surface area contributed by atoms with E-state index in [0.29, 0.717) is 37.2 Å². The van der Waals surface area contributed by atoms with E-state index in [0.717, 1.165) is 17.8 Å². The number of halogens is 2. The SMILES string of the molecule is Cc1cc(F)ccc1Nc1cc(S(=O)(=O)NC(=O)OC(C)C)ncc1C(=O)N1CCC(c2ccc(F)cc2)CC1. The highest BCUT2D eigenvalue weighted by atomic mass is 32.2. The first-order chi connectivity index (χ1) is 18.9. The molecule has 0 bridgehead atoms. The number of carbonyl (C=O) groups is 2. The summed E-state index contributed by atoms with van der Waals surface area (Å²) in [5.41, 5.74) is 2.20. The number of nitrogens with zero attached hydrogens (tertiary/aromatic N) is 2. The summed E-state index contributed by atoms with van der Waals surface area (Å²) in [6.07, 6.45) is 0.759. The number of anilines is 2. The Balaban J connectivity index is 1.61. The minimum atomic E-state index is -4.43. The molecule has 1 saturated heterocycles. The number of sulfonamides is 1. The van der Waals surface area contributed by atoms with Crippen molar-refractivity contribution in [1.29, 1.82) is 0 Å². The number of nitrogens with one attached hydrogen (secondary N) is 2. The van der Waals surface area contributed by atoms with Crippen molar-refractivity contribution in [3.63, 3.8) is 0 Å². The Morgan fingerprint density at radius 2 is 1.65 bits per heavy atom. The smallest absolute Gasteiger partial charge is 0.421 e. The van der Waals surface area contributed by atoms with Crippen LogP contribution in [0.3, 0.4) is 0 Å². The van der Waals surface area contributed by atoms with Gasteiger partial charge in [-0.25, -0.2) is 23.3 Å². The average Bonchev–Trinajstić information content (AvgIpc) is 2.89. The number of pyridine rings is 1. The molecule has 1 aliphatic rings. The first-order valence-corrected chi connectivity index (χ1v) is 14.2. The number of piperidine rings is 1. The predicted molar refractivity (Wildman–Crippen MR) is 145 cm³/mol. The second-order valence-corrected chi connectivity index (χ2v) is 11.5. The summed E-state index contributed by atoms with van der Waals surface area (Å²) in [7, 11) is -4.43. The van der Waals surface area contributed by atoms with E-state index in [2.05, 4.69) is 10.3 Å². The van der Waals surface area contributed by atoms with Crippen LogP contribution >= 0.6 is 0 Å². The largest absolute Gasteiger partial charge is 0.446 e. The van der Waals surface area contributed by atoms with Crippen LogP contribution in [-0.4, -0.2) is 49.5 Å². The second kappa shape index (κ2) is 12.0. The molecule has 2 amide bonds. The number of benzene rings is 2. The molecule has 1 aliphatic heterocycles. The van der Waals surface area contributed by atoms with Gasteiger partial charge >= 0.3 is 6.09 Å². The first-order valence-electron chi connectivity index (χ1n) is 12.7. The van der Waals surface area contributed by atoms with Gasteiger partial charge in [-0.05, 0) is 81.0 Å². The van der Waals surface area contributed by atoms with Crippen LogP contribution in [0, 0.1) is 18.6 Å². The highest BCUT2D eigenvalue weighted by Crippen LogP contribution is 2.31. The highest BCUT2D eigenvalue weighted by molar-refractivity contribution is 7.90. The van der Waals surface area contributed by atoms with Gasteiger partial charge in [0.15, 0.2) is 5.03 Å². The molecule has 1 aromatic heterocycles. The third kappa shape index (κ3) is 6.92. The van der Waals surface area contributed by atoms with E-state index in [1.807, 2.05) is 0 Å². The van der Waals surface area contributed by atoms with Crippen molar-refractivity contribution in [3.05, 3.63) is 83.1 Å². The van der Waals surface area contributed by atoms with Crippen LogP contribution in [0.5, 0.6) is 0 Å². The Kier molecular flexibility index (Phi) is 8.67. The number of rotatable bonds is 7. The van der Waals surface area contributed by atoms with Crippen LogP contribution in [0.2, 0.25) is 0 Å². The summed E-state index contributed by atoms with van der Waals surface area (Å²) in [6, 6.07) is 11.5. The number of hydrogen-bond donors (Lipinski definition) is 2. The zero-order chi connectivity index (χ0) is 29.0. The molecule has 0 unspecified atom stereocenters. The molecule has 4 rings (SSSR count). The molecule has 0 aliphatic carbocycles. The quantitative estimate of drug-likeness (QED) is 0.397. The lowest BCUT2D eigenvalue weighted by molar-refractivity contribution is 0.0713. The molecule has 2 heterocycles. The number of likely N-dealkylation sites (tertiary alicyclic amines) is 1. The van der Waals surface area contributed by atoms with E-state index in [9.17, 15) is 26.8 Å². The molecule has 3 aromatic rings. The van der Waals surface area contributed by atoms with E-state index < -0.39 is 33.1 Å². The maximum Gasteiger partial charge on any atom is 0.421 e. The zero-order valence-electron chi connectivity index (χ0n) is 22.3. The summed E-state index contributed by atoms with van der Waals surface area (Å²) < 4.78 is 59.4. The molecule has 0 saturated carbocycles. The van der Waals surface area contributed by atoms with Crippen LogP contribution in [0.4, 0.5) is 25.0 Å². The molecule has 0 radical (unpaired) electrons. The fourth-order valence-electron chi connectivity index (χ4n) is 4.49. The molecule has 12 heteroatoms. The van der Waals surface area contributed by atoms with Gasteiger partial charge in [0.2, 0.25) is 0 Å². The molecule has 2 N–H and O–H groups in total. The van der Waals surface area contributed by atoms with Gasteiger partial charge in [-0.1, -0.05) is 12.1 Å². The molecular formula is C28H30F2N4O5S. The Morgan fingerprint density at radius 1 is 1.00 bits per heavy atom. The van der Waals surface area contributed by atoms with Crippen LogP contribution in [-0.2, 0) is 14.8 Å². The molecule has 40 heavy (non-hydrogen) atoms. The van der Waals surface area contributed by atoms with Crippen LogP contribution in [0.25, 0.3) is 0 Å². The fourth-order valence-corrected chi connectivity index (χ4v) is 5.33. The van der Waals surface area contributed by atoms with Gasteiger partial charge in [-0.2, -0.15) is 8.42 Å². The van der Waals surface area contributed by atoms with Gasteiger partial charge in [0.05, 0.1) is 17.4 Å².